The van der Waals surface area contributed by atoms with Gasteiger partial charge in [-0.2, -0.15) is 4.31 Å². The highest BCUT2D eigenvalue weighted by Crippen LogP contribution is 2.66. The smallest absolute Gasteiger partial charge is 0.336 e. The molecule has 2 aliphatic heterocycles. The quantitative estimate of drug-likeness (QED) is 0.0524. The number of sulfonamides is 1. The van der Waals surface area contributed by atoms with E-state index in [-0.39, 0.29) is 91.7 Å². The van der Waals surface area contributed by atoms with Gasteiger partial charge < -0.3 is 56.9 Å². The van der Waals surface area contributed by atoms with Gasteiger partial charge in [-0.25, -0.2) is 22.8 Å². The van der Waals surface area contributed by atoms with Crippen molar-refractivity contribution in [1.82, 2.24) is 51.3 Å². The minimum absolute atomic E-state index is 0. The number of carbonyl (C=O) groups excluding carboxylic acids is 9. The molecule has 23 nitrogen and oxygen atoms in total. The number of esters is 1. The fraction of sp³-hybridized carbons (Fsp3) is 0.859. The first kappa shape index (κ1) is 77.1. The number of ether oxygens (including phenoxy) is 1. The number of hydrogen-bond donors (Lipinski definition) is 8. The van der Waals surface area contributed by atoms with Crippen LogP contribution in [0.3, 0.4) is 0 Å². The Morgan fingerprint density at radius 2 is 1.00 bits per heavy atom. The van der Waals surface area contributed by atoms with Crippen LogP contribution in [0.4, 0.5) is 9.59 Å². The van der Waals surface area contributed by atoms with Gasteiger partial charge in [-0.3, -0.25) is 28.8 Å². The lowest BCUT2D eigenvalue weighted by atomic mass is 9.79. The molecule has 24 heteroatoms. The number of fused-ring (bicyclic) bond motifs is 2. The van der Waals surface area contributed by atoms with Gasteiger partial charge in [0.1, 0.15) is 24.2 Å². The number of nitrogens with one attached hydrogen (secondary N) is 7. The van der Waals surface area contributed by atoms with Crippen LogP contribution in [0.5, 0.6) is 0 Å². The molecule has 8 N–H and O–H groups in total. The van der Waals surface area contributed by atoms with Crippen LogP contribution in [0.25, 0.3) is 0 Å². The first-order valence-corrected chi connectivity index (χ1v) is 32.6. The second kappa shape index (κ2) is 28.2. The number of piperidine rings is 2. The minimum atomic E-state index is -3.70. The number of amides is 9. The van der Waals surface area contributed by atoms with Gasteiger partial charge in [0, 0.05) is 43.3 Å². The number of methoxy groups -OCH3 is 1. The van der Waals surface area contributed by atoms with Crippen molar-refractivity contribution >= 4 is 63.4 Å². The van der Waals surface area contributed by atoms with Gasteiger partial charge >= 0.3 is 18.0 Å². The third-order valence-corrected chi connectivity index (χ3v) is 21.0. The Labute approximate surface area is 527 Å². The van der Waals surface area contributed by atoms with E-state index in [1.165, 1.54) is 23.4 Å². The standard InChI is InChI=1S/C34H60N6O7S.C28H48N4O6.2CH4/c1-31(2,3)26(37-30(45)38-32(4,5)6)29(44)40-19-21-23(34(21,10)11)24(40)27(42)36-22(18-20-14-13-15-20)25(41)28(43)35-16-17-48(46,47)39(12)33(7,8)9;1-26(2,3)21(30-25(37)31-27(4,5)6)23(35)32-14-16-18(28(16,7)8)19(32)22(34)29-17(13-15-11-10-12-15)20(33)24(36)38-9;;/h20-24,26H,13-19H2,1-12H3,(H,35,43)(H,36,42)(H2,37,38,45);15-21,33H,10-14H2,1-9H3,(H,29,34)(H2,30,31,37);2*1H4/t21?,22?,23?,24-,26+;16?,17?,18?,19-,20?,21+;;/m00../s1. The van der Waals surface area contributed by atoms with Gasteiger partial charge in [-0.05, 0) is 132 Å². The van der Waals surface area contributed by atoms with Crippen molar-refractivity contribution in [2.24, 2.45) is 57.2 Å². The largest absolute Gasteiger partial charge is 0.467 e. The van der Waals surface area contributed by atoms with E-state index in [1.807, 2.05) is 83.1 Å². The van der Waals surface area contributed by atoms with Crippen LogP contribution in [0.1, 0.15) is 198 Å². The Kier molecular flexibility index (Phi) is 24.7. The summed E-state index contributed by atoms with van der Waals surface area (Å²) < 4.78 is 31.4. The van der Waals surface area contributed by atoms with Crippen LogP contribution in [-0.4, -0.2) is 179 Å². The average molecular weight is 1270 g/mol. The maximum absolute atomic E-state index is 14.2. The number of nitrogens with zero attached hydrogens (tertiary/aromatic N) is 3. The molecule has 2 saturated heterocycles. The van der Waals surface area contributed by atoms with Crippen molar-refractivity contribution in [2.45, 2.75) is 257 Å². The molecule has 6 aliphatic rings. The zero-order valence-electron chi connectivity index (χ0n) is 55.6. The lowest BCUT2D eigenvalue weighted by molar-refractivity contribution is -0.153. The topological polar surface area (TPSA) is 311 Å². The molecule has 9 amide bonds. The lowest BCUT2D eigenvalue weighted by Crippen LogP contribution is -2.62. The van der Waals surface area contributed by atoms with Gasteiger partial charge in [-0.1, -0.05) is 123 Å². The van der Waals surface area contributed by atoms with E-state index in [0.717, 1.165) is 38.5 Å². The average Bonchev–Trinajstić information content (AvgIpc) is 1.54. The second-order valence-electron chi connectivity index (χ2n) is 31.9. The Hall–Kier alpha value is -5.10. The minimum Gasteiger partial charge on any atom is -0.467 e. The van der Waals surface area contributed by atoms with Crippen LogP contribution in [-0.2, 0) is 48.3 Å². The molecule has 6 rings (SSSR count). The summed E-state index contributed by atoms with van der Waals surface area (Å²) in [5.41, 5.74) is -3.25. The van der Waals surface area contributed by atoms with Gasteiger partial charge in [0.25, 0.3) is 5.91 Å². The highest BCUT2D eigenvalue weighted by atomic mass is 32.2. The number of likely N-dealkylation sites (tertiary alicyclic amines) is 2. The number of aliphatic hydroxyl groups excluding tert-OH is 1. The predicted molar refractivity (Wildman–Crippen MR) is 340 cm³/mol. The van der Waals surface area contributed by atoms with Gasteiger partial charge in [0.05, 0.1) is 24.9 Å². The maximum atomic E-state index is 14.2. The van der Waals surface area contributed by atoms with Crippen molar-refractivity contribution in [1.29, 1.82) is 0 Å². The Morgan fingerprint density at radius 3 is 1.34 bits per heavy atom. The summed E-state index contributed by atoms with van der Waals surface area (Å²) in [7, 11) is -1.02. The first-order chi connectivity index (χ1) is 39.1. The second-order valence-corrected chi connectivity index (χ2v) is 34.0. The maximum Gasteiger partial charge on any atom is 0.336 e. The van der Waals surface area contributed by atoms with E-state index >= 15 is 0 Å². The van der Waals surface area contributed by atoms with E-state index in [9.17, 15) is 56.7 Å². The molecule has 0 aromatic rings. The van der Waals surface area contributed by atoms with Crippen molar-refractivity contribution in [3.05, 3.63) is 0 Å². The van der Waals surface area contributed by atoms with Gasteiger partial charge in [0.2, 0.25) is 39.4 Å². The monoisotopic (exact) mass is 1260 g/mol. The first-order valence-electron chi connectivity index (χ1n) is 31.0. The molecule has 7 unspecified atom stereocenters. The number of carbonyl (C=O) groups is 9. The molecule has 0 radical (unpaired) electrons. The fourth-order valence-corrected chi connectivity index (χ4v) is 14.3. The van der Waals surface area contributed by atoms with Crippen LogP contribution in [0.2, 0.25) is 0 Å². The molecule has 0 aromatic carbocycles. The molecular weight excluding hydrogens is 1150 g/mol. The molecule has 88 heavy (non-hydrogen) atoms. The highest BCUT2D eigenvalue weighted by Gasteiger charge is 2.71. The van der Waals surface area contributed by atoms with Gasteiger partial charge in [-0.15, -0.1) is 0 Å². The molecule has 2 heterocycles. The normalized spacial score (nSPS) is 24.5. The van der Waals surface area contributed by atoms with Crippen LogP contribution in [0.15, 0.2) is 0 Å². The highest BCUT2D eigenvalue weighted by molar-refractivity contribution is 7.89. The number of ketones is 1. The number of aliphatic hydroxyl groups is 1. The molecule has 0 spiro atoms. The van der Waals surface area contributed by atoms with Crippen LogP contribution >= 0.6 is 0 Å². The zero-order chi connectivity index (χ0) is 65.6. The third-order valence-electron chi connectivity index (χ3n) is 18.9. The molecule has 4 saturated carbocycles. The molecule has 6 fully saturated rings. The number of rotatable bonds is 20. The summed E-state index contributed by atoms with van der Waals surface area (Å²) in [4.78, 5) is 124. The van der Waals surface area contributed by atoms with Crippen molar-refractivity contribution in [3.8, 4) is 0 Å². The van der Waals surface area contributed by atoms with E-state index in [1.54, 1.807) is 25.7 Å². The summed E-state index contributed by atoms with van der Waals surface area (Å²) in [5, 5.41) is 30.2. The predicted octanol–water partition coefficient (Wildman–Crippen LogP) is 5.87. The summed E-state index contributed by atoms with van der Waals surface area (Å²) in [6.07, 6.45) is 5.08. The van der Waals surface area contributed by atoms with Crippen LogP contribution < -0.4 is 37.2 Å². The SMILES string of the molecule is C.C.CN(C(C)(C)C)S(=O)(=O)CCNC(=O)C(=O)C(CC1CCC1)NC(=O)[C@@H]1C2C(CN1C(=O)[C@@H](NC(=O)NC(C)(C)C)C(C)(C)C)C2(C)C.COC(=O)C(O)C(CC1CCC1)NC(=O)[C@@H]1C2C(CN1C(=O)[C@@H](NC(=O)NC(C)(C)C)C(C)(C)C)C2(C)C. The molecule has 0 bridgehead atoms. The number of hydrogen-bond acceptors (Lipinski definition) is 13. The van der Waals surface area contributed by atoms with E-state index < -0.39 is 115 Å². The summed E-state index contributed by atoms with van der Waals surface area (Å²) in [6, 6.07) is -6.28. The van der Waals surface area contributed by atoms with Gasteiger partial charge in [0.15, 0.2) is 6.10 Å². The zero-order valence-corrected chi connectivity index (χ0v) is 56.4. The molecule has 4 aliphatic carbocycles. The Morgan fingerprint density at radius 1 is 0.614 bits per heavy atom. The molecular formula is C64H116N10O13S. The lowest BCUT2D eigenvalue weighted by Gasteiger charge is -2.39. The fourth-order valence-electron chi connectivity index (χ4n) is 12.8. The van der Waals surface area contributed by atoms with E-state index in [2.05, 4.69) is 64.9 Å². The third kappa shape index (κ3) is 18.8. The van der Waals surface area contributed by atoms with Crippen molar-refractivity contribution in [3.63, 3.8) is 0 Å². The molecule has 11 atom stereocenters. The Bertz CT molecular complexity index is 2660. The molecule has 0 aromatic heterocycles. The van der Waals surface area contributed by atoms with Crippen molar-refractivity contribution < 1.29 is 61.4 Å². The summed E-state index contributed by atoms with van der Waals surface area (Å²) in [6.45, 7) is 36.3. The Balaban J connectivity index is 0.000000461. The molecule has 506 valence electrons. The number of urea groups is 2. The summed E-state index contributed by atoms with van der Waals surface area (Å²) in [5.74, 6) is -4.04. The van der Waals surface area contributed by atoms with Crippen molar-refractivity contribution in [2.75, 3.05) is 39.5 Å². The number of Topliss-reactive ketones (excluding diaryl/α,β-unsaturated/α-hetero) is 1. The summed E-state index contributed by atoms with van der Waals surface area (Å²) >= 11 is 0. The van der Waals surface area contributed by atoms with Crippen LogP contribution in [0, 0.1) is 57.2 Å². The van der Waals surface area contributed by atoms with E-state index in [4.69, 9.17) is 4.74 Å². The van der Waals surface area contributed by atoms with E-state index in [0.29, 0.717) is 25.4 Å².